The van der Waals surface area contributed by atoms with Crippen LogP contribution in [0, 0.1) is 12.7 Å². The number of hydrogen-bond acceptors (Lipinski definition) is 3. The molecule has 1 N–H and O–H groups in total. The van der Waals surface area contributed by atoms with Crippen molar-refractivity contribution >= 4 is 5.69 Å². The number of aryl methyl sites for hydroxylation is 1. The van der Waals surface area contributed by atoms with Gasteiger partial charge >= 0.3 is 0 Å². The SMILES string of the molecule is Cc1ccc(=O)n(CCNc2cccc(F)c2)n1. The van der Waals surface area contributed by atoms with Crippen molar-refractivity contribution < 1.29 is 4.39 Å². The first-order valence-corrected chi connectivity index (χ1v) is 5.69. The second kappa shape index (κ2) is 5.44. The van der Waals surface area contributed by atoms with Crippen molar-refractivity contribution in [3.63, 3.8) is 0 Å². The average molecular weight is 247 g/mol. The van der Waals surface area contributed by atoms with Gasteiger partial charge in [0.25, 0.3) is 5.56 Å². The second-order valence-electron chi connectivity index (χ2n) is 3.97. The van der Waals surface area contributed by atoms with Crippen molar-refractivity contribution in [2.75, 3.05) is 11.9 Å². The van der Waals surface area contributed by atoms with Crippen LogP contribution in [0.4, 0.5) is 10.1 Å². The third kappa shape index (κ3) is 3.16. The lowest BCUT2D eigenvalue weighted by Crippen LogP contribution is -2.25. The summed E-state index contributed by atoms with van der Waals surface area (Å²) in [5.74, 6) is -0.286. The van der Waals surface area contributed by atoms with Crippen molar-refractivity contribution in [1.82, 2.24) is 9.78 Å². The van der Waals surface area contributed by atoms with Gasteiger partial charge < -0.3 is 5.32 Å². The highest BCUT2D eigenvalue weighted by molar-refractivity contribution is 5.42. The van der Waals surface area contributed by atoms with E-state index in [1.54, 1.807) is 18.2 Å². The van der Waals surface area contributed by atoms with Crippen LogP contribution < -0.4 is 10.9 Å². The number of anilines is 1. The number of benzene rings is 1. The van der Waals surface area contributed by atoms with Gasteiger partial charge in [0.05, 0.1) is 12.2 Å². The number of halogens is 1. The molecule has 0 saturated carbocycles. The minimum absolute atomic E-state index is 0.137. The summed E-state index contributed by atoms with van der Waals surface area (Å²) >= 11 is 0. The van der Waals surface area contributed by atoms with Gasteiger partial charge in [-0.3, -0.25) is 4.79 Å². The van der Waals surface area contributed by atoms with E-state index in [1.807, 2.05) is 6.92 Å². The fourth-order valence-electron chi connectivity index (χ4n) is 1.62. The molecule has 0 atom stereocenters. The first-order chi connectivity index (χ1) is 8.65. The van der Waals surface area contributed by atoms with Crippen molar-refractivity contribution in [3.8, 4) is 0 Å². The molecule has 4 nitrogen and oxygen atoms in total. The van der Waals surface area contributed by atoms with Gasteiger partial charge in [0.15, 0.2) is 0 Å². The Balaban J connectivity index is 1.96. The van der Waals surface area contributed by atoms with E-state index in [4.69, 9.17) is 0 Å². The maximum Gasteiger partial charge on any atom is 0.266 e. The van der Waals surface area contributed by atoms with E-state index in [0.29, 0.717) is 18.8 Å². The third-order valence-corrected chi connectivity index (χ3v) is 2.48. The Morgan fingerprint density at radius 2 is 2.17 bits per heavy atom. The first kappa shape index (κ1) is 12.3. The highest BCUT2D eigenvalue weighted by Gasteiger charge is 1.98. The number of rotatable bonds is 4. The van der Waals surface area contributed by atoms with Gasteiger partial charge in [-0.15, -0.1) is 0 Å². The predicted octanol–water partition coefficient (Wildman–Crippen LogP) is 1.80. The zero-order chi connectivity index (χ0) is 13.0. The normalized spacial score (nSPS) is 10.3. The summed E-state index contributed by atoms with van der Waals surface area (Å²) in [6, 6.07) is 9.37. The Morgan fingerprint density at radius 3 is 2.94 bits per heavy atom. The van der Waals surface area contributed by atoms with E-state index >= 15 is 0 Å². The lowest BCUT2D eigenvalue weighted by molar-refractivity contribution is 0.589. The predicted molar refractivity (Wildman–Crippen MR) is 68.1 cm³/mol. The highest BCUT2D eigenvalue weighted by Crippen LogP contribution is 2.08. The molecule has 2 aromatic rings. The molecule has 0 fully saturated rings. The molecule has 1 aromatic carbocycles. The molecule has 18 heavy (non-hydrogen) atoms. The summed E-state index contributed by atoms with van der Waals surface area (Å²) in [5.41, 5.74) is 1.35. The Kier molecular flexibility index (Phi) is 3.72. The van der Waals surface area contributed by atoms with Crippen molar-refractivity contribution in [1.29, 1.82) is 0 Å². The summed E-state index contributed by atoms with van der Waals surface area (Å²) < 4.78 is 14.3. The summed E-state index contributed by atoms with van der Waals surface area (Å²) in [7, 11) is 0. The highest BCUT2D eigenvalue weighted by atomic mass is 19.1. The van der Waals surface area contributed by atoms with E-state index in [9.17, 15) is 9.18 Å². The zero-order valence-corrected chi connectivity index (χ0v) is 10.1. The molecule has 0 aliphatic rings. The Hall–Kier alpha value is -2.17. The first-order valence-electron chi connectivity index (χ1n) is 5.69. The molecule has 0 unspecified atom stereocenters. The lowest BCUT2D eigenvalue weighted by atomic mass is 10.3. The molecule has 0 spiro atoms. The zero-order valence-electron chi connectivity index (χ0n) is 10.1. The largest absolute Gasteiger partial charge is 0.383 e. The van der Waals surface area contributed by atoms with E-state index in [2.05, 4.69) is 10.4 Å². The van der Waals surface area contributed by atoms with Crippen LogP contribution in [0.25, 0.3) is 0 Å². The molecule has 94 valence electrons. The molecule has 2 rings (SSSR count). The quantitative estimate of drug-likeness (QED) is 0.896. The number of nitrogens with zero attached hydrogens (tertiary/aromatic N) is 2. The van der Waals surface area contributed by atoms with Crippen LogP contribution in [-0.2, 0) is 6.54 Å². The van der Waals surface area contributed by atoms with Crippen LogP contribution in [0.3, 0.4) is 0 Å². The van der Waals surface area contributed by atoms with Crippen LogP contribution >= 0.6 is 0 Å². The molecule has 0 saturated heterocycles. The minimum Gasteiger partial charge on any atom is -0.383 e. The number of nitrogens with one attached hydrogen (secondary N) is 1. The molecule has 0 aliphatic heterocycles. The van der Waals surface area contributed by atoms with Gasteiger partial charge in [0, 0.05) is 18.3 Å². The monoisotopic (exact) mass is 247 g/mol. The summed E-state index contributed by atoms with van der Waals surface area (Å²) in [5, 5.41) is 7.15. The minimum atomic E-state index is -0.286. The molecular formula is C13H14FN3O. The number of hydrogen-bond donors (Lipinski definition) is 1. The Labute approximate surface area is 104 Å². The second-order valence-corrected chi connectivity index (χ2v) is 3.97. The van der Waals surface area contributed by atoms with Crippen LogP contribution in [0.2, 0.25) is 0 Å². The maximum atomic E-state index is 12.9. The van der Waals surface area contributed by atoms with E-state index in [1.165, 1.54) is 22.9 Å². The van der Waals surface area contributed by atoms with Crippen LogP contribution in [-0.4, -0.2) is 16.3 Å². The average Bonchev–Trinajstić information content (AvgIpc) is 2.34. The van der Waals surface area contributed by atoms with Gasteiger partial charge in [0.2, 0.25) is 0 Å². The molecular weight excluding hydrogens is 233 g/mol. The van der Waals surface area contributed by atoms with Gasteiger partial charge in [-0.25, -0.2) is 9.07 Å². The van der Waals surface area contributed by atoms with E-state index in [0.717, 1.165) is 5.69 Å². The maximum absolute atomic E-state index is 12.9. The van der Waals surface area contributed by atoms with Gasteiger partial charge in [0.1, 0.15) is 5.82 Å². The summed E-state index contributed by atoms with van der Waals surface area (Å²) in [6.07, 6.45) is 0. The number of aromatic nitrogens is 2. The topological polar surface area (TPSA) is 46.9 Å². The molecule has 1 heterocycles. The van der Waals surface area contributed by atoms with E-state index < -0.39 is 0 Å². The van der Waals surface area contributed by atoms with E-state index in [-0.39, 0.29) is 11.4 Å². The third-order valence-electron chi connectivity index (χ3n) is 2.48. The summed E-state index contributed by atoms with van der Waals surface area (Å²) in [6.45, 7) is 2.78. The fraction of sp³-hybridized carbons (Fsp3) is 0.231. The van der Waals surface area contributed by atoms with Gasteiger partial charge in [-0.05, 0) is 31.2 Å². The Morgan fingerprint density at radius 1 is 1.33 bits per heavy atom. The molecule has 1 aromatic heterocycles. The van der Waals surface area contributed by atoms with Gasteiger partial charge in [-0.2, -0.15) is 5.10 Å². The van der Waals surface area contributed by atoms with Gasteiger partial charge in [-0.1, -0.05) is 6.07 Å². The van der Waals surface area contributed by atoms with Crippen molar-refractivity contribution in [3.05, 3.63) is 58.3 Å². The van der Waals surface area contributed by atoms with Crippen LogP contribution in [0.1, 0.15) is 5.69 Å². The molecule has 0 amide bonds. The molecule has 0 radical (unpaired) electrons. The molecule has 0 aliphatic carbocycles. The molecule has 0 bridgehead atoms. The Bertz CT molecular complexity index is 595. The van der Waals surface area contributed by atoms with Crippen molar-refractivity contribution in [2.45, 2.75) is 13.5 Å². The molecule has 5 heteroatoms. The smallest absolute Gasteiger partial charge is 0.266 e. The van der Waals surface area contributed by atoms with Crippen LogP contribution in [0.15, 0.2) is 41.2 Å². The van der Waals surface area contributed by atoms with Crippen molar-refractivity contribution in [2.24, 2.45) is 0 Å². The standard InChI is InChI=1S/C13H14FN3O/c1-10-5-6-13(18)17(16-10)8-7-15-12-4-2-3-11(14)9-12/h2-6,9,15H,7-8H2,1H3. The van der Waals surface area contributed by atoms with Crippen LogP contribution in [0.5, 0.6) is 0 Å². The lowest BCUT2D eigenvalue weighted by Gasteiger charge is -2.08. The summed E-state index contributed by atoms with van der Waals surface area (Å²) in [4.78, 5) is 11.5. The fourth-order valence-corrected chi connectivity index (χ4v) is 1.62.